The molecule has 2 nitrogen and oxygen atoms in total. The van der Waals surface area contributed by atoms with Crippen LogP contribution in [0, 0.1) is 0 Å². The van der Waals surface area contributed by atoms with E-state index in [-0.39, 0.29) is 0 Å². The highest BCUT2D eigenvalue weighted by Gasteiger charge is 2.14. The fourth-order valence-corrected chi connectivity index (χ4v) is 2.54. The maximum atomic E-state index is 6.11. The Bertz CT molecular complexity index is 688. The number of anilines is 1. The summed E-state index contributed by atoms with van der Waals surface area (Å²) in [6.07, 6.45) is 0. The zero-order valence-corrected chi connectivity index (χ0v) is 14.8. The number of ether oxygens (including phenoxy) is 1. The molecule has 0 saturated heterocycles. The summed E-state index contributed by atoms with van der Waals surface area (Å²) in [6.45, 7) is 0. The van der Waals surface area contributed by atoms with E-state index in [1.807, 2.05) is 19.0 Å². The van der Waals surface area contributed by atoms with Gasteiger partial charge in [-0.15, -0.1) is 0 Å². The van der Waals surface area contributed by atoms with E-state index in [4.69, 9.17) is 62.7 Å². The molecule has 0 atom stereocenters. The van der Waals surface area contributed by atoms with Gasteiger partial charge in [0.15, 0.2) is 5.75 Å². The van der Waals surface area contributed by atoms with Crippen LogP contribution in [-0.2, 0) is 0 Å². The molecular formula is C14H10Cl5NO. The fourth-order valence-electron chi connectivity index (χ4n) is 1.65. The molecule has 0 saturated carbocycles. The second-order valence-electron chi connectivity index (χ2n) is 4.43. The van der Waals surface area contributed by atoms with Gasteiger partial charge in [0, 0.05) is 26.2 Å². The van der Waals surface area contributed by atoms with Gasteiger partial charge in [0.25, 0.3) is 0 Å². The minimum absolute atomic E-state index is 0.347. The zero-order chi connectivity index (χ0) is 15.7. The van der Waals surface area contributed by atoms with E-state index in [0.29, 0.717) is 36.6 Å². The topological polar surface area (TPSA) is 12.5 Å². The second-order valence-corrected chi connectivity index (χ2v) is 6.46. The van der Waals surface area contributed by atoms with Crippen molar-refractivity contribution in [2.24, 2.45) is 0 Å². The van der Waals surface area contributed by atoms with Crippen LogP contribution in [0.1, 0.15) is 0 Å². The first kappa shape index (κ1) is 16.9. The number of rotatable bonds is 3. The molecule has 0 aliphatic carbocycles. The molecule has 2 aromatic carbocycles. The van der Waals surface area contributed by atoms with Crippen molar-refractivity contribution in [3.05, 3.63) is 49.4 Å². The smallest absolute Gasteiger partial charge is 0.152 e. The van der Waals surface area contributed by atoms with Gasteiger partial charge < -0.3 is 9.64 Å². The summed E-state index contributed by atoms with van der Waals surface area (Å²) in [7, 11) is 3.73. The number of hydrogen-bond acceptors (Lipinski definition) is 2. The van der Waals surface area contributed by atoms with Crippen LogP contribution in [0.2, 0.25) is 25.1 Å². The Kier molecular flexibility index (Phi) is 5.39. The molecule has 0 fully saturated rings. The molecule has 0 bridgehead atoms. The van der Waals surface area contributed by atoms with Gasteiger partial charge >= 0.3 is 0 Å². The number of nitrogens with zero attached hydrogens (tertiary/aromatic N) is 1. The second kappa shape index (κ2) is 6.72. The fraction of sp³-hybridized carbons (Fsp3) is 0.143. The molecule has 0 aliphatic heterocycles. The van der Waals surface area contributed by atoms with E-state index < -0.39 is 0 Å². The zero-order valence-electron chi connectivity index (χ0n) is 11.1. The summed E-state index contributed by atoms with van der Waals surface area (Å²) in [4.78, 5) is 1.85. The van der Waals surface area contributed by atoms with Crippen molar-refractivity contribution < 1.29 is 4.74 Å². The summed E-state index contributed by atoms with van der Waals surface area (Å²) in [5.41, 5.74) is 0.756. The Hall–Kier alpha value is -0.510. The van der Waals surface area contributed by atoms with Crippen LogP contribution in [0.3, 0.4) is 0 Å². The maximum absolute atomic E-state index is 6.11. The maximum Gasteiger partial charge on any atom is 0.152 e. The van der Waals surface area contributed by atoms with E-state index in [9.17, 15) is 0 Å². The van der Waals surface area contributed by atoms with Crippen molar-refractivity contribution in [1.29, 1.82) is 0 Å². The molecule has 2 rings (SSSR count). The highest BCUT2D eigenvalue weighted by Crippen LogP contribution is 2.41. The Balaban J connectivity index is 2.48. The van der Waals surface area contributed by atoms with Gasteiger partial charge in [-0.2, -0.15) is 0 Å². The van der Waals surface area contributed by atoms with E-state index in [0.717, 1.165) is 5.69 Å². The summed E-state index contributed by atoms with van der Waals surface area (Å²) in [5.74, 6) is 0.891. The van der Waals surface area contributed by atoms with E-state index in [2.05, 4.69) is 0 Å². The lowest BCUT2D eigenvalue weighted by Gasteiger charge is -2.19. The third-order valence-electron chi connectivity index (χ3n) is 2.68. The molecule has 21 heavy (non-hydrogen) atoms. The van der Waals surface area contributed by atoms with Crippen molar-refractivity contribution in [3.63, 3.8) is 0 Å². The molecule has 7 heteroatoms. The highest BCUT2D eigenvalue weighted by molar-refractivity contribution is 6.43. The van der Waals surface area contributed by atoms with Crippen LogP contribution in [0.4, 0.5) is 5.69 Å². The monoisotopic (exact) mass is 383 g/mol. The van der Waals surface area contributed by atoms with Crippen LogP contribution < -0.4 is 9.64 Å². The molecule has 0 N–H and O–H groups in total. The van der Waals surface area contributed by atoms with Gasteiger partial charge in [0.1, 0.15) is 5.75 Å². The minimum Gasteiger partial charge on any atom is -0.454 e. The predicted molar refractivity (Wildman–Crippen MR) is 92.3 cm³/mol. The molecule has 0 unspecified atom stereocenters. The Labute approximate surface area is 148 Å². The SMILES string of the molecule is CN(C)c1cc(Cl)c(Cl)cc1Oc1cc(Cl)c(Cl)cc1Cl. The molecule has 0 spiro atoms. The van der Waals surface area contributed by atoms with E-state index in [1.165, 1.54) is 6.07 Å². The van der Waals surface area contributed by atoms with Gasteiger partial charge in [0.05, 0.1) is 30.8 Å². The molecular weight excluding hydrogens is 375 g/mol. The van der Waals surface area contributed by atoms with Gasteiger partial charge in [0.2, 0.25) is 0 Å². The predicted octanol–water partition coefficient (Wildman–Crippen LogP) is 6.81. The Morgan fingerprint density at radius 2 is 1.14 bits per heavy atom. The highest BCUT2D eigenvalue weighted by atomic mass is 35.5. The van der Waals surface area contributed by atoms with Gasteiger partial charge in [-0.05, 0) is 12.1 Å². The lowest BCUT2D eigenvalue weighted by atomic mass is 10.2. The van der Waals surface area contributed by atoms with Crippen molar-refractivity contribution in [2.75, 3.05) is 19.0 Å². The average Bonchev–Trinajstić information content (AvgIpc) is 2.39. The van der Waals surface area contributed by atoms with E-state index >= 15 is 0 Å². The van der Waals surface area contributed by atoms with Crippen LogP contribution in [0.25, 0.3) is 0 Å². The lowest BCUT2D eigenvalue weighted by Crippen LogP contribution is -2.10. The standard InChI is InChI=1S/C14H10Cl5NO/c1-20(2)12-4-8(16)10(18)6-14(12)21-13-5-9(17)7(15)3-11(13)19/h3-6H,1-2H3. The molecule has 0 aromatic heterocycles. The summed E-state index contributed by atoms with van der Waals surface area (Å²) < 4.78 is 5.81. The number of halogens is 5. The summed E-state index contributed by atoms with van der Waals surface area (Å²) >= 11 is 30.1. The van der Waals surface area contributed by atoms with Gasteiger partial charge in [-0.1, -0.05) is 58.0 Å². The molecule has 112 valence electrons. The van der Waals surface area contributed by atoms with Crippen molar-refractivity contribution in [2.45, 2.75) is 0 Å². The lowest BCUT2D eigenvalue weighted by molar-refractivity contribution is 0.483. The summed E-state index contributed by atoms with van der Waals surface area (Å²) in [5, 5.41) is 1.88. The third-order valence-corrected chi connectivity index (χ3v) is 4.42. The number of hydrogen-bond donors (Lipinski definition) is 0. The first-order chi connectivity index (χ1) is 9.79. The summed E-state index contributed by atoms with van der Waals surface area (Å²) in [6, 6.07) is 6.41. The normalized spacial score (nSPS) is 10.6. The van der Waals surface area contributed by atoms with Gasteiger partial charge in [-0.25, -0.2) is 0 Å². The average molecular weight is 386 g/mol. The van der Waals surface area contributed by atoms with Crippen LogP contribution >= 0.6 is 58.0 Å². The van der Waals surface area contributed by atoms with Crippen molar-refractivity contribution in [1.82, 2.24) is 0 Å². The quantitative estimate of drug-likeness (QED) is 0.538. The van der Waals surface area contributed by atoms with Gasteiger partial charge in [-0.3, -0.25) is 0 Å². The third kappa shape index (κ3) is 3.82. The first-order valence-corrected chi connectivity index (χ1v) is 7.67. The minimum atomic E-state index is 0.347. The Morgan fingerprint density at radius 3 is 1.71 bits per heavy atom. The van der Waals surface area contributed by atoms with Crippen molar-refractivity contribution in [3.8, 4) is 11.5 Å². The number of benzene rings is 2. The molecule has 0 amide bonds. The first-order valence-electron chi connectivity index (χ1n) is 5.78. The van der Waals surface area contributed by atoms with Crippen molar-refractivity contribution >= 4 is 63.7 Å². The Morgan fingerprint density at radius 1 is 0.667 bits per heavy atom. The molecule has 2 aromatic rings. The molecule has 0 radical (unpaired) electrons. The van der Waals surface area contributed by atoms with Crippen LogP contribution in [0.5, 0.6) is 11.5 Å². The van der Waals surface area contributed by atoms with E-state index in [1.54, 1.807) is 18.2 Å². The molecule has 0 aliphatic rings. The van der Waals surface area contributed by atoms with Crippen LogP contribution in [-0.4, -0.2) is 14.1 Å². The largest absolute Gasteiger partial charge is 0.454 e. The van der Waals surface area contributed by atoms with Crippen LogP contribution in [0.15, 0.2) is 24.3 Å². The molecule has 0 heterocycles.